The third kappa shape index (κ3) is 12.8. The molecule has 120 valence electrons. The second-order valence-corrected chi connectivity index (χ2v) is 6.07. The highest BCUT2D eigenvalue weighted by Crippen LogP contribution is 2.21. The minimum absolute atomic E-state index is 0.107. The quantitative estimate of drug-likeness (QED) is 0.192. The van der Waals surface area contributed by atoms with Crippen molar-refractivity contribution in [2.45, 2.75) is 64.1 Å². The zero-order valence-electron chi connectivity index (χ0n) is 12.6. The lowest BCUT2D eigenvalue weighted by Crippen LogP contribution is -2.05. The summed E-state index contributed by atoms with van der Waals surface area (Å²) in [5.41, 5.74) is 0.436. The summed E-state index contributed by atoms with van der Waals surface area (Å²) in [6.07, 6.45) is 7.93. The van der Waals surface area contributed by atoms with Gasteiger partial charge in [0, 0.05) is 5.57 Å². The molecule has 0 heterocycles. The predicted molar refractivity (Wildman–Crippen MR) is 82.8 cm³/mol. The van der Waals surface area contributed by atoms with E-state index in [4.69, 9.17) is 9.26 Å². The lowest BCUT2D eigenvalue weighted by molar-refractivity contribution is -0.139. The summed E-state index contributed by atoms with van der Waals surface area (Å²) in [6, 6.07) is 0. The van der Waals surface area contributed by atoms with Crippen LogP contribution in [0.5, 0.6) is 0 Å². The number of hydrogen-bond acceptors (Lipinski definition) is 5. The van der Waals surface area contributed by atoms with Crippen LogP contribution < -0.4 is 0 Å². The monoisotopic (exact) mass is 334 g/mol. The first-order valence-corrected chi connectivity index (χ1v) is 8.86. The van der Waals surface area contributed by atoms with Crippen molar-refractivity contribution in [3.05, 3.63) is 12.2 Å². The summed E-state index contributed by atoms with van der Waals surface area (Å²) < 4.78 is 30.6. The van der Waals surface area contributed by atoms with Gasteiger partial charge in [-0.2, -0.15) is 0 Å². The standard InChI is InChI=1S/C14H24O5P2/c1-12(2)14(15)18-11-9-7-5-3-4-6-8-10-13(20-16)19-21-17/h13H,1,3-11H2,2H3. The molecular weight excluding hydrogens is 310 g/mol. The largest absolute Gasteiger partial charge is 0.462 e. The second kappa shape index (κ2) is 14.3. The smallest absolute Gasteiger partial charge is 0.333 e. The average molecular weight is 334 g/mol. The first-order chi connectivity index (χ1) is 10.1. The van der Waals surface area contributed by atoms with Gasteiger partial charge in [0.15, 0.2) is 14.3 Å². The van der Waals surface area contributed by atoms with Crippen LogP contribution in [0.2, 0.25) is 0 Å². The van der Waals surface area contributed by atoms with Gasteiger partial charge in [-0.1, -0.05) is 45.1 Å². The third-order valence-electron chi connectivity index (χ3n) is 2.96. The zero-order chi connectivity index (χ0) is 15.9. The Morgan fingerprint density at radius 1 is 1.05 bits per heavy atom. The van der Waals surface area contributed by atoms with Crippen molar-refractivity contribution in [2.75, 3.05) is 6.61 Å². The van der Waals surface area contributed by atoms with Gasteiger partial charge in [0.2, 0.25) is 0 Å². The summed E-state index contributed by atoms with van der Waals surface area (Å²) in [5, 5.41) is 0. The number of carbonyl (C=O) groups excluding carboxylic acids is 1. The highest BCUT2D eigenvalue weighted by molar-refractivity contribution is 7.26. The molecule has 0 aliphatic heterocycles. The van der Waals surface area contributed by atoms with E-state index in [0.717, 1.165) is 44.9 Å². The Hall–Kier alpha value is -0.630. The Morgan fingerprint density at radius 2 is 1.62 bits per heavy atom. The Kier molecular flexibility index (Phi) is 13.9. The third-order valence-corrected chi connectivity index (χ3v) is 4.06. The highest BCUT2D eigenvalue weighted by atomic mass is 31.1. The Labute approximate surface area is 130 Å². The van der Waals surface area contributed by atoms with Crippen molar-refractivity contribution in [1.29, 1.82) is 0 Å². The second-order valence-electron chi connectivity index (χ2n) is 4.92. The maximum atomic E-state index is 11.1. The lowest BCUT2D eigenvalue weighted by Gasteiger charge is -2.05. The molecule has 1 atom stereocenters. The highest BCUT2D eigenvalue weighted by Gasteiger charge is 2.08. The van der Waals surface area contributed by atoms with Crippen molar-refractivity contribution in [1.82, 2.24) is 0 Å². The van der Waals surface area contributed by atoms with Crippen molar-refractivity contribution >= 4 is 23.1 Å². The van der Waals surface area contributed by atoms with Crippen LogP contribution >= 0.6 is 17.1 Å². The molecule has 0 aromatic rings. The van der Waals surface area contributed by atoms with Crippen LogP contribution in [-0.4, -0.2) is 18.4 Å². The van der Waals surface area contributed by atoms with E-state index in [0.29, 0.717) is 18.6 Å². The van der Waals surface area contributed by atoms with Crippen LogP contribution in [0, 0.1) is 0 Å². The minimum Gasteiger partial charge on any atom is -0.462 e. The van der Waals surface area contributed by atoms with Crippen molar-refractivity contribution in [2.24, 2.45) is 0 Å². The molecular formula is C14H24O5P2. The molecule has 0 amide bonds. The van der Waals surface area contributed by atoms with E-state index in [1.807, 2.05) is 0 Å². The molecule has 0 saturated heterocycles. The van der Waals surface area contributed by atoms with Crippen LogP contribution in [-0.2, 0) is 23.2 Å². The number of rotatable bonds is 14. The van der Waals surface area contributed by atoms with Crippen LogP contribution in [0.15, 0.2) is 12.2 Å². The molecule has 0 rings (SSSR count). The molecule has 0 aliphatic rings. The Morgan fingerprint density at radius 3 is 2.14 bits per heavy atom. The van der Waals surface area contributed by atoms with Gasteiger partial charge in [0.05, 0.1) is 6.61 Å². The fraction of sp³-hybridized carbons (Fsp3) is 0.786. The fourth-order valence-electron chi connectivity index (χ4n) is 1.77. The maximum Gasteiger partial charge on any atom is 0.333 e. The normalized spacial score (nSPS) is 12.4. The van der Waals surface area contributed by atoms with Crippen LogP contribution in [0.1, 0.15) is 58.3 Å². The van der Waals surface area contributed by atoms with E-state index in [1.54, 1.807) is 6.92 Å². The minimum atomic E-state index is -0.452. The number of esters is 1. The van der Waals surface area contributed by atoms with Crippen LogP contribution in [0.3, 0.4) is 0 Å². The molecule has 0 N–H and O–H groups in total. The Bertz CT molecular complexity index is 333. The number of hydrogen-bond donors (Lipinski definition) is 0. The van der Waals surface area contributed by atoms with Gasteiger partial charge in [-0.15, -0.1) is 0 Å². The van der Waals surface area contributed by atoms with E-state index >= 15 is 0 Å². The number of carbonyl (C=O) groups is 1. The zero-order valence-corrected chi connectivity index (χ0v) is 14.4. The predicted octanol–water partition coefficient (Wildman–Crippen LogP) is 5.07. The van der Waals surface area contributed by atoms with Gasteiger partial charge in [-0.3, -0.25) is 9.09 Å². The van der Waals surface area contributed by atoms with E-state index < -0.39 is 14.5 Å². The fourth-order valence-corrected chi connectivity index (χ4v) is 2.53. The molecule has 0 aliphatic carbocycles. The molecule has 1 unspecified atom stereocenters. The van der Waals surface area contributed by atoms with Gasteiger partial charge >= 0.3 is 14.7 Å². The van der Waals surface area contributed by atoms with E-state index in [9.17, 15) is 13.9 Å². The molecule has 0 spiro atoms. The molecule has 7 heteroatoms. The van der Waals surface area contributed by atoms with E-state index in [-0.39, 0.29) is 14.4 Å². The maximum absolute atomic E-state index is 11.1. The molecule has 21 heavy (non-hydrogen) atoms. The van der Waals surface area contributed by atoms with Gasteiger partial charge < -0.3 is 4.74 Å². The topological polar surface area (TPSA) is 69.7 Å². The summed E-state index contributed by atoms with van der Waals surface area (Å²) in [6.45, 7) is 5.62. The SMILES string of the molecule is C=C(C)C(=O)OCCCCCCCCCC(OP=O)P=O. The van der Waals surface area contributed by atoms with Crippen molar-refractivity contribution in [3.8, 4) is 0 Å². The summed E-state index contributed by atoms with van der Waals surface area (Å²) in [7, 11) is -0.520. The molecule has 0 radical (unpaired) electrons. The van der Waals surface area contributed by atoms with Crippen molar-refractivity contribution in [3.63, 3.8) is 0 Å². The number of ether oxygens (including phenoxy) is 1. The molecule has 0 bridgehead atoms. The summed E-state index contributed by atoms with van der Waals surface area (Å²) in [5.74, 6) is -0.769. The molecule has 0 saturated carbocycles. The summed E-state index contributed by atoms with van der Waals surface area (Å²) >= 11 is 0. The van der Waals surface area contributed by atoms with Gasteiger partial charge in [-0.25, -0.2) is 9.36 Å². The first kappa shape index (κ1) is 20.4. The Balaban J connectivity index is 3.29. The van der Waals surface area contributed by atoms with Gasteiger partial charge in [0.25, 0.3) is 0 Å². The first-order valence-electron chi connectivity index (χ1n) is 7.25. The lowest BCUT2D eigenvalue weighted by atomic mass is 10.1. The van der Waals surface area contributed by atoms with Gasteiger partial charge in [-0.05, 0) is 19.8 Å². The average Bonchev–Trinajstić information content (AvgIpc) is 2.47. The van der Waals surface area contributed by atoms with Crippen LogP contribution in [0.4, 0.5) is 0 Å². The molecule has 5 nitrogen and oxygen atoms in total. The summed E-state index contributed by atoms with van der Waals surface area (Å²) in [4.78, 5) is 11.1. The van der Waals surface area contributed by atoms with Gasteiger partial charge in [0.1, 0.15) is 0 Å². The molecule has 0 aromatic heterocycles. The van der Waals surface area contributed by atoms with Crippen molar-refractivity contribution < 1.29 is 23.2 Å². The van der Waals surface area contributed by atoms with Crippen LogP contribution in [0.25, 0.3) is 0 Å². The van der Waals surface area contributed by atoms with E-state index in [1.165, 1.54) is 0 Å². The molecule has 0 fully saturated rings. The van der Waals surface area contributed by atoms with E-state index in [2.05, 4.69) is 6.58 Å². The molecule has 0 aromatic carbocycles. The number of unbranched alkanes of at least 4 members (excludes halogenated alkanes) is 6.